The van der Waals surface area contributed by atoms with Crippen molar-refractivity contribution in [3.05, 3.63) is 35.8 Å². The molecule has 2 N–H and O–H groups in total. The Bertz CT molecular complexity index is 1170. The van der Waals surface area contributed by atoms with Gasteiger partial charge in [0, 0.05) is 36.0 Å². The van der Waals surface area contributed by atoms with Gasteiger partial charge in [-0.15, -0.1) is 0 Å². The van der Waals surface area contributed by atoms with Crippen LogP contribution in [0, 0.1) is 22.7 Å². The largest absolute Gasteiger partial charge is 0.444 e. The summed E-state index contributed by atoms with van der Waals surface area (Å²) in [6.07, 6.45) is 5.16. The minimum Gasteiger partial charge on any atom is -0.444 e. The molecule has 4 rings (SSSR count). The lowest BCUT2D eigenvalue weighted by molar-refractivity contribution is -0.121. The first-order valence-corrected chi connectivity index (χ1v) is 12.3. The Morgan fingerprint density at radius 1 is 1.26 bits per heavy atom. The quantitative estimate of drug-likeness (QED) is 0.642. The normalized spacial score (nSPS) is 21.0. The Balaban J connectivity index is 1.44. The minimum atomic E-state index is -0.559. The number of anilines is 1. The first-order valence-electron chi connectivity index (χ1n) is 12.3. The SMILES string of the molecule is CC1(C)Cc2c(-c3ccnc(NC(=O)[C@H]4CCC[C@@H](NC(=O)OC(C)(C)C)C4)c3)cc(C#N)n2C1. The fourth-order valence-corrected chi connectivity index (χ4v) is 5.17. The summed E-state index contributed by atoms with van der Waals surface area (Å²) in [7, 11) is 0. The number of ether oxygens (including phenoxy) is 1. The number of rotatable bonds is 4. The van der Waals surface area contributed by atoms with Gasteiger partial charge in [0.05, 0.1) is 0 Å². The van der Waals surface area contributed by atoms with E-state index in [-0.39, 0.29) is 23.3 Å². The molecule has 1 saturated carbocycles. The molecule has 0 bridgehead atoms. The van der Waals surface area contributed by atoms with E-state index in [9.17, 15) is 14.9 Å². The van der Waals surface area contributed by atoms with Crippen LogP contribution in [0.4, 0.5) is 10.6 Å². The average molecular weight is 478 g/mol. The summed E-state index contributed by atoms with van der Waals surface area (Å²) < 4.78 is 7.46. The summed E-state index contributed by atoms with van der Waals surface area (Å²) in [6, 6.07) is 7.94. The molecule has 35 heavy (non-hydrogen) atoms. The van der Waals surface area contributed by atoms with E-state index >= 15 is 0 Å². The van der Waals surface area contributed by atoms with Gasteiger partial charge in [-0.1, -0.05) is 20.3 Å². The smallest absolute Gasteiger partial charge is 0.407 e. The molecule has 3 heterocycles. The third-order valence-corrected chi connectivity index (χ3v) is 6.64. The number of amides is 2. The van der Waals surface area contributed by atoms with Crippen LogP contribution in [0.5, 0.6) is 0 Å². The molecule has 2 atom stereocenters. The Morgan fingerprint density at radius 2 is 2.03 bits per heavy atom. The Morgan fingerprint density at radius 3 is 2.74 bits per heavy atom. The number of nitriles is 1. The standard InChI is InChI=1S/C27H35N5O3/c1-26(2,3)35-25(34)30-19-8-6-7-18(11-19)24(33)31-23-12-17(9-10-29-23)21-13-20(15-28)32-16-27(4,5)14-22(21)32/h9-10,12-13,18-19H,6-8,11,14,16H2,1-5H3,(H,30,34)(H,29,31,33)/t18-,19+/m0/s1. The van der Waals surface area contributed by atoms with Crippen LogP contribution in [0.2, 0.25) is 0 Å². The molecule has 2 amide bonds. The molecule has 8 nitrogen and oxygen atoms in total. The van der Waals surface area contributed by atoms with E-state index in [0.29, 0.717) is 17.9 Å². The average Bonchev–Trinajstić information content (AvgIpc) is 3.25. The van der Waals surface area contributed by atoms with Crippen LogP contribution in [0.25, 0.3) is 11.1 Å². The zero-order chi connectivity index (χ0) is 25.4. The van der Waals surface area contributed by atoms with Crippen molar-refractivity contribution in [2.24, 2.45) is 11.3 Å². The number of nitrogens with zero attached hydrogens (tertiary/aromatic N) is 3. The molecule has 2 aliphatic rings. The van der Waals surface area contributed by atoms with Crippen LogP contribution in [-0.2, 0) is 22.5 Å². The van der Waals surface area contributed by atoms with E-state index in [1.54, 1.807) is 6.20 Å². The monoisotopic (exact) mass is 477 g/mol. The van der Waals surface area contributed by atoms with Gasteiger partial charge in [-0.3, -0.25) is 4.79 Å². The maximum Gasteiger partial charge on any atom is 0.407 e. The fraction of sp³-hybridized carbons (Fsp3) is 0.556. The molecule has 186 valence electrons. The Hall–Kier alpha value is -3.34. The number of carbonyl (C=O) groups excluding carboxylic acids is 2. The number of hydrogen-bond donors (Lipinski definition) is 2. The van der Waals surface area contributed by atoms with Crippen molar-refractivity contribution in [3.63, 3.8) is 0 Å². The molecule has 2 aromatic rings. The molecule has 1 fully saturated rings. The van der Waals surface area contributed by atoms with Crippen LogP contribution in [0.1, 0.15) is 71.7 Å². The third-order valence-electron chi connectivity index (χ3n) is 6.64. The van der Waals surface area contributed by atoms with Crippen LogP contribution in [-0.4, -0.2) is 33.2 Å². The van der Waals surface area contributed by atoms with Gasteiger partial charge in [-0.25, -0.2) is 9.78 Å². The summed E-state index contributed by atoms with van der Waals surface area (Å²) in [5, 5.41) is 15.5. The molecule has 1 aliphatic carbocycles. The van der Waals surface area contributed by atoms with Gasteiger partial charge in [0.15, 0.2) is 0 Å². The van der Waals surface area contributed by atoms with Crippen molar-refractivity contribution in [3.8, 4) is 17.2 Å². The third kappa shape index (κ3) is 5.84. The van der Waals surface area contributed by atoms with E-state index in [0.717, 1.165) is 49.0 Å². The van der Waals surface area contributed by atoms with Gasteiger partial charge < -0.3 is 19.9 Å². The second-order valence-corrected chi connectivity index (χ2v) is 11.6. The minimum absolute atomic E-state index is 0.0914. The van der Waals surface area contributed by atoms with Crippen molar-refractivity contribution >= 4 is 17.8 Å². The van der Waals surface area contributed by atoms with E-state index in [2.05, 4.69) is 40.1 Å². The summed E-state index contributed by atoms with van der Waals surface area (Å²) in [4.78, 5) is 29.6. The van der Waals surface area contributed by atoms with Crippen molar-refractivity contribution < 1.29 is 14.3 Å². The predicted octanol–water partition coefficient (Wildman–Crippen LogP) is 5.03. The lowest BCUT2D eigenvalue weighted by atomic mass is 9.85. The first-order chi connectivity index (χ1) is 16.4. The second-order valence-electron chi connectivity index (χ2n) is 11.6. The molecular formula is C27H35N5O3. The van der Waals surface area contributed by atoms with E-state index in [1.807, 2.05) is 39.0 Å². The topological polar surface area (TPSA) is 109 Å². The molecule has 2 aromatic heterocycles. The predicted molar refractivity (Wildman–Crippen MR) is 134 cm³/mol. The molecule has 0 spiro atoms. The number of fused-ring (bicyclic) bond motifs is 1. The van der Waals surface area contributed by atoms with Crippen molar-refractivity contribution in [1.82, 2.24) is 14.9 Å². The first kappa shape index (κ1) is 24.8. The molecule has 0 aromatic carbocycles. The summed E-state index contributed by atoms with van der Waals surface area (Å²) in [5.74, 6) is 0.190. The number of hydrogen-bond acceptors (Lipinski definition) is 5. The Kier molecular flexibility index (Phi) is 6.63. The highest BCUT2D eigenvalue weighted by atomic mass is 16.6. The van der Waals surface area contributed by atoms with Gasteiger partial charge in [0.2, 0.25) is 5.91 Å². The number of pyridine rings is 1. The summed E-state index contributed by atoms with van der Waals surface area (Å²) in [5.41, 5.74) is 3.31. The van der Waals surface area contributed by atoms with Gasteiger partial charge >= 0.3 is 6.09 Å². The molecule has 0 unspecified atom stereocenters. The summed E-state index contributed by atoms with van der Waals surface area (Å²) in [6.45, 7) is 10.7. The van der Waals surface area contributed by atoms with Gasteiger partial charge in [0.1, 0.15) is 23.2 Å². The van der Waals surface area contributed by atoms with Crippen molar-refractivity contribution in [2.75, 3.05) is 5.32 Å². The zero-order valence-electron chi connectivity index (χ0n) is 21.3. The fourth-order valence-electron chi connectivity index (χ4n) is 5.17. The van der Waals surface area contributed by atoms with E-state index in [4.69, 9.17) is 4.74 Å². The lowest BCUT2D eigenvalue weighted by Gasteiger charge is -2.30. The highest BCUT2D eigenvalue weighted by Gasteiger charge is 2.33. The molecule has 0 radical (unpaired) electrons. The highest BCUT2D eigenvalue weighted by molar-refractivity contribution is 5.92. The van der Waals surface area contributed by atoms with Crippen molar-refractivity contribution in [1.29, 1.82) is 5.26 Å². The second kappa shape index (κ2) is 9.37. The van der Waals surface area contributed by atoms with Gasteiger partial charge in [-0.2, -0.15) is 5.26 Å². The molecule has 0 saturated heterocycles. The number of aromatic nitrogens is 2. The lowest BCUT2D eigenvalue weighted by Crippen LogP contribution is -2.43. The molecule has 8 heteroatoms. The Labute approximate surface area is 207 Å². The van der Waals surface area contributed by atoms with Gasteiger partial charge in [-0.05, 0) is 75.6 Å². The van der Waals surface area contributed by atoms with Crippen LogP contribution < -0.4 is 10.6 Å². The van der Waals surface area contributed by atoms with Crippen LogP contribution >= 0.6 is 0 Å². The van der Waals surface area contributed by atoms with Crippen molar-refractivity contribution in [2.45, 2.75) is 84.9 Å². The van der Waals surface area contributed by atoms with Gasteiger partial charge in [0.25, 0.3) is 0 Å². The maximum absolute atomic E-state index is 13.1. The van der Waals surface area contributed by atoms with E-state index in [1.165, 1.54) is 0 Å². The zero-order valence-corrected chi connectivity index (χ0v) is 21.3. The van der Waals surface area contributed by atoms with Crippen LogP contribution in [0.15, 0.2) is 24.4 Å². The molecular weight excluding hydrogens is 442 g/mol. The number of nitrogens with one attached hydrogen (secondary N) is 2. The maximum atomic E-state index is 13.1. The number of carbonyl (C=O) groups is 2. The highest BCUT2D eigenvalue weighted by Crippen LogP contribution is 2.40. The summed E-state index contributed by atoms with van der Waals surface area (Å²) >= 11 is 0. The molecule has 1 aliphatic heterocycles. The van der Waals surface area contributed by atoms with E-state index < -0.39 is 11.7 Å². The van der Waals surface area contributed by atoms with Crippen LogP contribution in [0.3, 0.4) is 0 Å². The number of alkyl carbamates (subject to hydrolysis) is 1.